The van der Waals surface area contributed by atoms with E-state index in [0.717, 1.165) is 19.6 Å². The van der Waals surface area contributed by atoms with Gasteiger partial charge in [-0.2, -0.15) is 0 Å². The lowest BCUT2D eigenvalue weighted by Gasteiger charge is -2.16. The van der Waals surface area contributed by atoms with Crippen LogP contribution in [0.15, 0.2) is 24.3 Å². The van der Waals surface area contributed by atoms with E-state index in [0.29, 0.717) is 6.61 Å². The summed E-state index contributed by atoms with van der Waals surface area (Å²) in [5, 5.41) is 1.50. The molecule has 0 radical (unpaired) electrons. The van der Waals surface area contributed by atoms with E-state index in [4.69, 9.17) is 9.47 Å². The fourth-order valence-corrected chi connectivity index (χ4v) is 2.76. The van der Waals surface area contributed by atoms with E-state index in [9.17, 15) is 0 Å². The number of ether oxygens (including phenoxy) is 2. The fraction of sp³-hybridized carbons (Fsp3) is 0.571. The van der Waals surface area contributed by atoms with Gasteiger partial charge in [-0.15, -0.1) is 0 Å². The highest BCUT2D eigenvalue weighted by molar-refractivity contribution is 6.88. The van der Waals surface area contributed by atoms with E-state index in [1.54, 1.807) is 7.11 Å². The smallest absolute Gasteiger partial charge is 0.0775 e. The molecule has 0 saturated carbocycles. The first-order valence-electron chi connectivity index (χ1n) is 6.20. The molecule has 96 valence electrons. The van der Waals surface area contributed by atoms with Gasteiger partial charge in [0.25, 0.3) is 0 Å². The van der Waals surface area contributed by atoms with Crippen molar-refractivity contribution in [1.82, 2.24) is 0 Å². The van der Waals surface area contributed by atoms with Crippen LogP contribution in [-0.2, 0) is 16.1 Å². The van der Waals surface area contributed by atoms with Crippen LogP contribution in [0.25, 0.3) is 0 Å². The van der Waals surface area contributed by atoms with Crippen molar-refractivity contribution in [2.24, 2.45) is 0 Å². The molecule has 0 amide bonds. The highest BCUT2D eigenvalue weighted by Crippen LogP contribution is 2.05. The molecule has 0 atom stereocenters. The Morgan fingerprint density at radius 1 is 1.00 bits per heavy atom. The Morgan fingerprint density at radius 2 is 1.65 bits per heavy atom. The van der Waals surface area contributed by atoms with E-state index in [-0.39, 0.29) is 0 Å². The third kappa shape index (κ3) is 5.48. The second kappa shape index (κ2) is 6.94. The molecular formula is C14H24O2Si. The molecule has 1 aromatic rings. The monoisotopic (exact) mass is 252 g/mol. The van der Waals surface area contributed by atoms with Gasteiger partial charge < -0.3 is 9.47 Å². The van der Waals surface area contributed by atoms with Gasteiger partial charge in [0.2, 0.25) is 0 Å². The zero-order valence-electron chi connectivity index (χ0n) is 11.5. The minimum absolute atomic E-state index is 0.704. The van der Waals surface area contributed by atoms with Crippen LogP contribution in [0.1, 0.15) is 12.0 Å². The van der Waals surface area contributed by atoms with Crippen LogP contribution in [-0.4, -0.2) is 28.4 Å². The van der Waals surface area contributed by atoms with Gasteiger partial charge in [-0.05, 0) is 12.0 Å². The SMILES string of the molecule is COCCCOCc1ccc([Si](C)(C)C)cc1. The van der Waals surface area contributed by atoms with Crippen molar-refractivity contribution in [3.05, 3.63) is 29.8 Å². The maximum atomic E-state index is 5.58. The van der Waals surface area contributed by atoms with E-state index in [1.807, 2.05) is 0 Å². The van der Waals surface area contributed by atoms with Crippen molar-refractivity contribution >= 4 is 13.3 Å². The molecule has 0 fully saturated rings. The molecule has 17 heavy (non-hydrogen) atoms. The number of methoxy groups -OCH3 is 1. The third-order valence-corrected chi connectivity index (χ3v) is 4.79. The normalized spacial score (nSPS) is 11.8. The summed E-state index contributed by atoms with van der Waals surface area (Å²) in [6, 6.07) is 8.87. The Labute approximate surface area is 106 Å². The number of rotatable bonds is 7. The average Bonchev–Trinajstić information content (AvgIpc) is 2.28. The molecule has 0 spiro atoms. The number of hydrogen-bond donors (Lipinski definition) is 0. The quantitative estimate of drug-likeness (QED) is 0.549. The summed E-state index contributed by atoms with van der Waals surface area (Å²) >= 11 is 0. The number of hydrogen-bond acceptors (Lipinski definition) is 2. The standard InChI is InChI=1S/C14H24O2Si/c1-15-10-5-11-16-12-13-6-8-14(9-7-13)17(2,3)4/h6-9H,5,10-12H2,1-4H3. The van der Waals surface area contributed by atoms with Gasteiger partial charge in [0.15, 0.2) is 0 Å². The minimum Gasteiger partial charge on any atom is -0.385 e. The van der Waals surface area contributed by atoms with Gasteiger partial charge >= 0.3 is 0 Å². The second-order valence-electron chi connectivity index (χ2n) is 5.35. The molecule has 1 rings (SSSR count). The average molecular weight is 252 g/mol. The van der Waals surface area contributed by atoms with Crippen molar-refractivity contribution in [2.45, 2.75) is 32.7 Å². The van der Waals surface area contributed by atoms with Crippen molar-refractivity contribution < 1.29 is 9.47 Å². The molecule has 0 aromatic heterocycles. The van der Waals surface area contributed by atoms with Crippen LogP contribution in [0.3, 0.4) is 0 Å². The first kappa shape index (κ1) is 14.4. The lowest BCUT2D eigenvalue weighted by Crippen LogP contribution is -2.37. The van der Waals surface area contributed by atoms with Gasteiger partial charge in [0.05, 0.1) is 14.7 Å². The van der Waals surface area contributed by atoms with Gasteiger partial charge in [-0.3, -0.25) is 0 Å². The van der Waals surface area contributed by atoms with E-state index in [2.05, 4.69) is 43.9 Å². The summed E-state index contributed by atoms with van der Waals surface area (Å²) in [6.07, 6.45) is 0.962. The minimum atomic E-state index is -1.16. The fourth-order valence-electron chi connectivity index (χ4n) is 1.60. The Morgan fingerprint density at radius 3 is 2.18 bits per heavy atom. The third-order valence-electron chi connectivity index (χ3n) is 2.73. The highest BCUT2D eigenvalue weighted by Gasteiger charge is 2.15. The van der Waals surface area contributed by atoms with Crippen molar-refractivity contribution in [3.8, 4) is 0 Å². The van der Waals surface area contributed by atoms with Crippen LogP contribution in [0.5, 0.6) is 0 Å². The van der Waals surface area contributed by atoms with E-state index >= 15 is 0 Å². The Bertz CT molecular complexity index is 314. The summed E-state index contributed by atoms with van der Waals surface area (Å²) in [4.78, 5) is 0. The molecule has 0 bridgehead atoms. The predicted octanol–water partition coefficient (Wildman–Crippen LogP) is 2.78. The van der Waals surface area contributed by atoms with Gasteiger partial charge in [-0.1, -0.05) is 49.1 Å². The van der Waals surface area contributed by atoms with Crippen molar-refractivity contribution in [3.63, 3.8) is 0 Å². The zero-order valence-corrected chi connectivity index (χ0v) is 12.5. The largest absolute Gasteiger partial charge is 0.385 e. The van der Waals surface area contributed by atoms with Crippen LogP contribution in [0, 0.1) is 0 Å². The van der Waals surface area contributed by atoms with E-state index < -0.39 is 8.07 Å². The van der Waals surface area contributed by atoms with Crippen LogP contribution < -0.4 is 5.19 Å². The molecule has 1 aromatic carbocycles. The van der Waals surface area contributed by atoms with Gasteiger partial charge in [0, 0.05) is 20.3 Å². The van der Waals surface area contributed by atoms with Crippen LogP contribution in [0.4, 0.5) is 0 Å². The van der Waals surface area contributed by atoms with Gasteiger partial charge in [0.1, 0.15) is 0 Å². The molecule has 0 heterocycles. The van der Waals surface area contributed by atoms with Crippen LogP contribution >= 0.6 is 0 Å². The molecule has 2 nitrogen and oxygen atoms in total. The molecule has 0 saturated heterocycles. The summed E-state index contributed by atoms with van der Waals surface area (Å²) in [6.45, 7) is 9.34. The maximum absolute atomic E-state index is 5.58. The van der Waals surface area contributed by atoms with Crippen molar-refractivity contribution in [2.75, 3.05) is 20.3 Å². The van der Waals surface area contributed by atoms with Crippen LogP contribution in [0.2, 0.25) is 19.6 Å². The molecule has 0 unspecified atom stereocenters. The number of benzene rings is 1. The topological polar surface area (TPSA) is 18.5 Å². The van der Waals surface area contributed by atoms with Crippen molar-refractivity contribution in [1.29, 1.82) is 0 Å². The molecule has 0 aliphatic carbocycles. The van der Waals surface area contributed by atoms with Gasteiger partial charge in [-0.25, -0.2) is 0 Å². The summed E-state index contributed by atoms with van der Waals surface area (Å²) in [5.41, 5.74) is 1.25. The first-order valence-corrected chi connectivity index (χ1v) is 9.70. The maximum Gasteiger partial charge on any atom is 0.0775 e. The highest BCUT2D eigenvalue weighted by atomic mass is 28.3. The molecule has 0 N–H and O–H groups in total. The zero-order chi connectivity index (χ0) is 12.7. The summed E-state index contributed by atoms with van der Waals surface area (Å²) in [5.74, 6) is 0. The predicted molar refractivity (Wildman–Crippen MR) is 75.6 cm³/mol. The Hall–Kier alpha value is -0.643. The summed E-state index contributed by atoms with van der Waals surface area (Å²) < 4.78 is 10.6. The molecule has 3 heteroatoms. The van der Waals surface area contributed by atoms with E-state index in [1.165, 1.54) is 10.8 Å². The molecule has 0 aliphatic rings. The first-order chi connectivity index (χ1) is 8.04. The molecule has 0 aliphatic heterocycles. The Kier molecular flexibility index (Phi) is 5.89. The molecular weight excluding hydrogens is 228 g/mol. The second-order valence-corrected chi connectivity index (χ2v) is 10.4. The summed E-state index contributed by atoms with van der Waals surface area (Å²) in [7, 11) is 0.555. The lowest BCUT2D eigenvalue weighted by atomic mass is 10.2. The Balaban J connectivity index is 2.36. The lowest BCUT2D eigenvalue weighted by molar-refractivity contribution is 0.0929.